The van der Waals surface area contributed by atoms with Crippen LogP contribution >= 0.6 is 0 Å². The molecule has 3 heteroatoms. The van der Waals surface area contributed by atoms with Crippen molar-refractivity contribution in [3.05, 3.63) is 0 Å². The van der Waals surface area contributed by atoms with Gasteiger partial charge in [0.2, 0.25) is 0 Å². The van der Waals surface area contributed by atoms with E-state index in [1.54, 1.807) is 7.11 Å². The Bertz CT molecular complexity index is 174. The summed E-state index contributed by atoms with van der Waals surface area (Å²) in [4.78, 5) is 0. The number of hydrogen-bond acceptors (Lipinski definition) is 3. The highest BCUT2D eigenvalue weighted by molar-refractivity contribution is 4.75. The minimum absolute atomic E-state index is 0.338. The van der Waals surface area contributed by atoms with E-state index in [0.717, 1.165) is 39.3 Å². The molecular weight excluding hydrogens is 214 g/mol. The Morgan fingerprint density at radius 2 is 1.94 bits per heavy atom. The van der Waals surface area contributed by atoms with Gasteiger partial charge in [0.15, 0.2) is 0 Å². The third-order valence-electron chi connectivity index (χ3n) is 3.19. The first-order valence-corrected chi connectivity index (χ1v) is 6.81. The van der Waals surface area contributed by atoms with Crippen LogP contribution in [0.3, 0.4) is 0 Å². The molecule has 0 saturated carbocycles. The highest BCUT2D eigenvalue weighted by Crippen LogP contribution is 2.24. The zero-order chi connectivity index (χ0) is 13.1. The molecule has 0 aromatic rings. The molecule has 0 aliphatic carbocycles. The predicted molar refractivity (Wildman–Crippen MR) is 73.4 cm³/mol. The minimum atomic E-state index is 0.338. The first-order chi connectivity index (χ1) is 8.04. The van der Waals surface area contributed by atoms with Crippen molar-refractivity contribution in [2.45, 2.75) is 40.5 Å². The molecule has 0 amide bonds. The summed E-state index contributed by atoms with van der Waals surface area (Å²) in [6, 6.07) is 0. The lowest BCUT2D eigenvalue weighted by Gasteiger charge is -2.28. The van der Waals surface area contributed by atoms with Gasteiger partial charge in [-0.05, 0) is 24.2 Å². The van der Waals surface area contributed by atoms with Crippen LogP contribution < -0.4 is 5.32 Å². The number of nitrogens with one attached hydrogen (secondary N) is 1. The molecule has 3 nitrogen and oxygen atoms in total. The Labute approximate surface area is 107 Å². The molecule has 0 spiro atoms. The third kappa shape index (κ3) is 9.57. The normalized spacial score (nSPS) is 15.2. The van der Waals surface area contributed by atoms with Gasteiger partial charge in [0.25, 0.3) is 0 Å². The van der Waals surface area contributed by atoms with E-state index < -0.39 is 0 Å². The highest BCUT2D eigenvalue weighted by atomic mass is 16.5. The summed E-state index contributed by atoms with van der Waals surface area (Å²) >= 11 is 0. The molecule has 0 aromatic carbocycles. The van der Waals surface area contributed by atoms with Crippen LogP contribution in [0.15, 0.2) is 0 Å². The summed E-state index contributed by atoms with van der Waals surface area (Å²) < 4.78 is 10.7. The fourth-order valence-electron chi connectivity index (χ4n) is 1.59. The van der Waals surface area contributed by atoms with Crippen molar-refractivity contribution in [2.75, 3.05) is 40.0 Å². The van der Waals surface area contributed by atoms with Crippen LogP contribution in [-0.4, -0.2) is 40.0 Å². The van der Waals surface area contributed by atoms with Gasteiger partial charge in [-0.15, -0.1) is 0 Å². The molecule has 0 rings (SSSR count). The zero-order valence-corrected chi connectivity index (χ0v) is 12.3. The molecule has 0 heterocycles. The van der Waals surface area contributed by atoms with Gasteiger partial charge in [0.05, 0.1) is 6.61 Å². The Hall–Kier alpha value is -0.120. The summed E-state index contributed by atoms with van der Waals surface area (Å²) in [5.41, 5.74) is 0.338. The lowest BCUT2D eigenvalue weighted by atomic mass is 9.84. The summed E-state index contributed by atoms with van der Waals surface area (Å²) in [7, 11) is 1.74. The Morgan fingerprint density at radius 1 is 1.24 bits per heavy atom. The molecule has 0 bridgehead atoms. The molecule has 1 N–H and O–H groups in total. The van der Waals surface area contributed by atoms with Gasteiger partial charge < -0.3 is 14.8 Å². The average molecular weight is 245 g/mol. The number of rotatable bonds is 11. The molecule has 0 radical (unpaired) electrons. The molecule has 17 heavy (non-hydrogen) atoms. The molecule has 0 fully saturated rings. The largest absolute Gasteiger partial charge is 0.383 e. The van der Waals surface area contributed by atoms with Crippen molar-refractivity contribution in [1.29, 1.82) is 0 Å². The second kappa shape index (κ2) is 9.86. The average Bonchev–Trinajstić information content (AvgIpc) is 2.30. The molecule has 0 aliphatic rings. The fraction of sp³-hybridized carbons (Fsp3) is 1.00. The van der Waals surface area contributed by atoms with E-state index >= 15 is 0 Å². The predicted octanol–water partition coefficient (Wildman–Crippen LogP) is 2.70. The van der Waals surface area contributed by atoms with Crippen LogP contribution in [0.4, 0.5) is 0 Å². The van der Waals surface area contributed by atoms with Gasteiger partial charge in [0.1, 0.15) is 0 Å². The topological polar surface area (TPSA) is 30.5 Å². The van der Waals surface area contributed by atoms with Gasteiger partial charge in [0, 0.05) is 33.4 Å². The van der Waals surface area contributed by atoms with Crippen LogP contribution in [0.2, 0.25) is 0 Å². The van der Waals surface area contributed by atoms with Gasteiger partial charge in [-0.2, -0.15) is 0 Å². The summed E-state index contributed by atoms with van der Waals surface area (Å²) in [5, 5.41) is 3.45. The van der Waals surface area contributed by atoms with Crippen LogP contribution in [0.5, 0.6) is 0 Å². The van der Waals surface area contributed by atoms with Gasteiger partial charge in [-0.3, -0.25) is 0 Å². The maximum Gasteiger partial charge on any atom is 0.0587 e. The van der Waals surface area contributed by atoms with Crippen molar-refractivity contribution in [3.8, 4) is 0 Å². The van der Waals surface area contributed by atoms with E-state index in [0.29, 0.717) is 11.3 Å². The van der Waals surface area contributed by atoms with E-state index in [1.807, 2.05) is 0 Å². The number of hydrogen-bond donors (Lipinski definition) is 1. The standard InChI is InChI=1S/C14H31NO2/c1-6-14(4,12-15-8-10-16-5)7-9-17-11-13(2)3/h13,15H,6-12H2,1-5H3. The van der Waals surface area contributed by atoms with Crippen molar-refractivity contribution in [1.82, 2.24) is 5.32 Å². The summed E-state index contributed by atoms with van der Waals surface area (Å²) in [6.07, 6.45) is 2.30. The van der Waals surface area contributed by atoms with E-state index in [-0.39, 0.29) is 0 Å². The fourth-order valence-corrected chi connectivity index (χ4v) is 1.59. The Morgan fingerprint density at radius 3 is 2.47 bits per heavy atom. The smallest absolute Gasteiger partial charge is 0.0587 e. The Kier molecular flexibility index (Phi) is 9.79. The maximum absolute atomic E-state index is 5.67. The molecule has 1 unspecified atom stereocenters. The van der Waals surface area contributed by atoms with Gasteiger partial charge in [-0.1, -0.05) is 27.7 Å². The van der Waals surface area contributed by atoms with E-state index in [2.05, 4.69) is 33.0 Å². The number of methoxy groups -OCH3 is 1. The van der Waals surface area contributed by atoms with E-state index in [9.17, 15) is 0 Å². The molecule has 0 aromatic heterocycles. The van der Waals surface area contributed by atoms with Crippen molar-refractivity contribution < 1.29 is 9.47 Å². The van der Waals surface area contributed by atoms with Crippen molar-refractivity contribution in [3.63, 3.8) is 0 Å². The number of ether oxygens (including phenoxy) is 2. The van der Waals surface area contributed by atoms with Gasteiger partial charge >= 0.3 is 0 Å². The molecule has 104 valence electrons. The lowest BCUT2D eigenvalue weighted by Crippen LogP contribution is -2.34. The highest BCUT2D eigenvalue weighted by Gasteiger charge is 2.21. The Balaban J connectivity index is 3.69. The van der Waals surface area contributed by atoms with Crippen LogP contribution in [0.25, 0.3) is 0 Å². The second-order valence-electron chi connectivity index (χ2n) is 5.55. The molecule has 0 aliphatic heterocycles. The zero-order valence-electron chi connectivity index (χ0n) is 12.3. The third-order valence-corrected chi connectivity index (χ3v) is 3.19. The van der Waals surface area contributed by atoms with Crippen LogP contribution in [0, 0.1) is 11.3 Å². The van der Waals surface area contributed by atoms with Gasteiger partial charge in [-0.25, -0.2) is 0 Å². The quantitative estimate of drug-likeness (QED) is 0.568. The minimum Gasteiger partial charge on any atom is -0.383 e. The first kappa shape index (κ1) is 16.9. The summed E-state index contributed by atoms with van der Waals surface area (Å²) in [5.74, 6) is 0.628. The second-order valence-corrected chi connectivity index (χ2v) is 5.55. The summed E-state index contributed by atoms with van der Waals surface area (Å²) in [6.45, 7) is 13.4. The van der Waals surface area contributed by atoms with Crippen LogP contribution in [0.1, 0.15) is 40.5 Å². The van der Waals surface area contributed by atoms with Crippen molar-refractivity contribution in [2.24, 2.45) is 11.3 Å². The monoisotopic (exact) mass is 245 g/mol. The maximum atomic E-state index is 5.67. The SMILES string of the molecule is CCC(C)(CCOCC(C)C)CNCCOC. The van der Waals surface area contributed by atoms with E-state index in [4.69, 9.17) is 9.47 Å². The first-order valence-electron chi connectivity index (χ1n) is 6.81. The molecular formula is C14H31NO2. The van der Waals surface area contributed by atoms with Crippen LogP contribution in [-0.2, 0) is 9.47 Å². The van der Waals surface area contributed by atoms with E-state index in [1.165, 1.54) is 6.42 Å². The molecule has 0 saturated heterocycles. The molecule has 1 atom stereocenters. The lowest BCUT2D eigenvalue weighted by molar-refractivity contribution is 0.0782. The van der Waals surface area contributed by atoms with Crippen molar-refractivity contribution >= 4 is 0 Å².